The Bertz CT molecular complexity index is 1210. The van der Waals surface area contributed by atoms with Crippen LogP contribution in [0.3, 0.4) is 0 Å². The smallest absolute Gasteiger partial charge is 0.410 e. The summed E-state index contributed by atoms with van der Waals surface area (Å²) in [6.45, 7) is 7.65. The van der Waals surface area contributed by atoms with Gasteiger partial charge in [-0.15, -0.1) is 0 Å². The van der Waals surface area contributed by atoms with Gasteiger partial charge in [-0.05, 0) is 57.0 Å². The van der Waals surface area contributed by atoms with Crippen molar-refractivity contribution >= 4 is 17.7 Å². The van der Waals surface area contributed by atoms with E-state index in [0.717, 1.165) is 39.6 Å². The Morgan fingerprint density at radius 1 is 1.06 bits per heavy atom. The molecule has 8 heteroatoms. The highest BCUT2D eigenvalue weighted by Gasteiger charge is 2.28. The van der Waals surface area contributed by atoms with Crippen molar-refractivity contribution in [1.82, 2.24) is 14.7 Å². The van der Waals surface area contributed by atoms with Gasteiger partial charge < -0.3 is 19.1 Å². The lowest BCUT2D eigenvalue weighted by Crippen LogP contribution is -2.38. The molecule has 2 aliphatic rings. The molecular weight excluding hydrogens is 454 g/mol. The molecule has 0 aliphatic carbocycles. The minimum Gasteiger partial charge on any atom is -0.454 e. The van der Waals surface area contributed by atoms with Crippen LogP contribution in [0.5, 0.6) is 11.5 Å². The standard InChI is InChI=1S/C26H28ClN3O4/c1-26(2,3)34-25(31)29-12-10-20-21(11-13-29)28-30(24(20)18-5-7-19(27)8-6-18)15-17-4-9-22-23(14-17)33-16-32-22/h4-9,14H,10-13,15-16H2,1-3H3. The Morgan fingerprint density at radius 2 is 1.79 bits per heavy atom. The summed E-state index contributed by atoms with van der Waals surface area (Å²) in [6, 6.07) is 13.8. The molecule has 1 amide bonds. The molecule has 3 aromatic rings. The van der Waals surface area contributed by atoms with Gasteiger partial charge in [-0.2, -0.15) is 5.10 Å². The predicted molar refractivity (Wildman–Crippen MR) is 130 cm³/mol. The molecule has 0 fully saturated rings. The molecule has 0 unspecified atom stereocenters. The first-order chi connectivity index (χ1) is 16.3. The lowest BCUT2D eigenvalue weighted by Gasteiger charge is -2.26. The van der Waals surface area contributed by atoms with Gasteiger partial charge in [-0.1, -0.05) is 29.8 Å². The summed E-state index contributed by atoms with van der Waals surface area (Å²) in [5, 5.41) is 5.69. The molecule has 0 saturated carbocycles. The lowest BCUT2D eigenvalue weighted by molar-refractivity contribution is 0.0258. The van der Waals surface area contributed by atoms with E-state index in [1.807, 2.05) is 63.2 Å². The van der Waals surface area contributed by atoms with E-state index in [0.29, 0.717) is 37.5 Å². The minimum absolute atomic E-state index is 0.249. The maximum atomic E-state index is 12.7. The molecule has 3 heterocycles. The summed E-state index contributed by atoms with van der Waals surface area (Å²) in [7, 11) is 0. The highest BCUT2D eigenvalue weighted by Crippen LogP contribution is 2.34. The summed E-state index contributed by atoms with van der Waals surface area (Å²) in [5.41, 5.74) is 4.82. The third kappa shape index (κ3) is 4.71. The Morgan fingerprint density at radius 3 is 2.56 bits per heavy atom. The molecule has 5 rings (SSSR count). The number of fused-ring (bicyclic) bond motifs is 2. The van der Waals surface area contributed by atoms with Crippen molar-refractivity contribution in [3.8, 4) is 22.8 Å². The second-order valence-electron chi connectivity index (χ2n) is 9.59. The van der Waals surface area contributed by atoms with Crippen LogP contribution in [0.4, 0.5) is 4.79 Å². The van der Waals surface area contributed by atoms with Crippen LogP contribution < -0.4 is 9.47 Å². The number of carbonyl (C=O) groups excluding carboxylic acids is 1. The zero-order valence-electron chi connectivity index (χ0n) is 19.6. The van der Waals surface area contributed by atoms with E-state index in [9.17, 15) is 4.79 Å². The molecule has 178 valence electrons. The number of aromatic nitrogens is 2. The zero-order chi connectivity index (χ0) is 23.9. The average molecular weight is 482 g/mol. The Labute approximate surface area is 204 Å². The number of rotatable bonds is 3. The third-order valence-corrected chi connectivity index (χ3v) is 6.17. The van der Waals surface area contributed by atoms with Gasteiger partial charge in [0.2, 0.25) is 6.79 Å². The first-order valence-corrected chi connectivity index (χ1v) is 11.9. The normalized spacial score (nSPS) is 15.1. The fourth-order valence-electron chi connectivity index (χ4n) is 4.38. The van der Waals surface area contributed by atoms with Crippen molar-refractivity contribution in [2.75, 3.05) is 19.9 Å². The highest BCUT2D eigenvalue weighted by molar-refractivity contribution is 6.30. The van der Waals surface area contributed by atoms with Gasteiger partial charge in [0.15, 0.2) is 11.5 Å². The largest absolute Gasteiger partial charge is 0.454 e. The van der Waals surface area contributed by atoms with Crippen molar-refractivity contribution in [1.29, 1.82) is 0 Å². The number of hydrogen-bond donors (Lipinski definition) is 0. The molecule has 0 saturated heterocycles. The summed E-state index contributed by atoms with van der Waals surface area (Å²) in [4.78, 5) is 14.5. The average Bonchev–Trinajstić information content (AvgIpc) is 3.31. The van der Waals surface area contributed by atoms with Gasteiger partial charge in [-0.3, -0.25) is 4.68 Å². The van der Waals surface area contributed by atoms with E-state index < -0.39 is 5.60 Å². The SMILES string of the molecule is CC(C)(C)OC(=O)N1CCc2nn(Cc3ccc4c(c3)OCO4)c(-c3ccc(Cl)cc3)c2CC1. The Balaban J connectivity index is 1.47. The number of amides is 1. The molecule has 2 aromatic carbocycles. The fourth-order valence-corrected chi connectivity index (χ4v) is 4.50. The predicted octanol–water partition coefficient (Wildman–Crippen LogP) is 5.32. The number of ether oxygens (including phenoxy) is 3. The van der Waals surface area contributed by atoms with Crippen LogP contribution >= 0.6 is 11.6 Å². The molecule has 0 radical (unpaired) electrons. The van der Waals surface area contributed by atoms with Crippen LogP contribution in [0.25, 0.3) is 11.3 Å². The van der Waals surface area contributed by atoms with Crippen molar-refractivity contribution < 1.29 is 19.0 Å². The molecule has 0 bridgehead atoms. The molecule has 2 aliphatic heterocycles. The molecule has 0 N–H and O–H groups in total. The van der Waals surface area contributed by atoms with Gasteiger partial charge >= 0.3 is 6.09 Å². The first-order valence-electron chi connectivity index (χ1n) is 11.5. The van der Waals surface area contributed by atoms with E-state index in [-0.39, 0.29) is 12.9 Å². The van der Waals surface area contributed by atoms with E-state index in [1.165, 1.54) is 0 Å². The van der Waals surface area contributed by atoms with E-state index in [2.05, 4.69) is 4.68 Å². The molecule has 34 heavy (non-hydrogen) atoms. The van der Waals surface area contributed by atoms with Crippen LogP contribution in [0.1, 0.15) is 37.6 Å². The van der Waals surface area contributed by atoms with Crippen molar-refractivity contribution in [3.05, 3.63) is 64.3 Å². The van der Waals surface area contributed by atoms with Gasteiger partial charge in [0.1, 0.15) is 5.60 Å². The van der Waals surface area contributed by atoms with E-state index >= 15 is 0 Å². The van der Waals surface area contributed by atoms with Gasteiger partial charge in [0.05, 0.1) is 17.9 Å². The summed E-state index contributed by atoms with van der Waals surface area (Å²) < 4.78 is 18.7. The fraction of sp³-hybridized carbons (Fsp3) is 0.385. The van der Waals surface area contributed by atoms with Crippen LogP contribution in [0.15, 0.2) is 42.5 Å². The Hall–Kier alpha value is -3.19. The summed E-state index contributed by atoms with van der Waals surface area (Å²) in [5.74, 6) is 1.52. The maximum absolute atomic E-state index is 12.7. The van der Waals surface area contributed by atoms with Crippen LogP contribution in [-0.4, -0.2) is 46.3 Å². The molecule has 7 nitrogen and oxygen atoms in total. The van der Waals surface area contributed by atoms with Crippen molar-refractivity contribution in [2.24, 2.45) is 0 Å². The van der Waals surface area contributed by atoms with Crippen LogP contribution in [0.2, 0.25) is 5.02 Å². The van der Waals surface area contributed by atoms with Gasteiger partial charge in [-0.25, -0.2) is 4.79 Å². The number of halogens is 1. The highest BCUT2D eigenvalue weighted by atomic mass is 35.5. The number of nitrogens with zero attached hydrogens (tertiary/aromatic N) is 3. The maximum Gasteiger partial charge on any atom is 0.410 e. The van der Waals surface area contributed by atoms with Crippen LogP contribution in [-0.2, 0) is 24.1 Å². The number of hydrogen-bond acceptors (Lipinski definition) is 5. The molecule has 0 atom stereocenters. The first kappa shape index (κ1) is 22.6. The number of carbonyl (C=O) groups is 1. The van der Waals surface area contributed by atoms with Gasteiger partial charge in [0, 0.05) is 35.7 Å². The third-order valence-electron chi connectivity index (χ3n) is 5.92. The summed E-state index contributed by atoms with van der Waals surface area (Å²) >= 11 is 6.17. The molecule has 0 spiro atoms. The van der Waals surface area contributed by atoms with Gasteiger partial charge in [0.25, 0.3) is 0 Å². The van der Waals surface area contributed by atoms with E-state index in [1.54, 1.807) is 4.90 Å². The summed E-state index contributed by atoms with van der Waals surface area (Å²) in [6.07, 6.45) is 1.09. The van der Waals surface area contributed by atoms with Crippen LogP contribution in [0, 0.1) is 0 Å². The molecule has 1 aromatic heterocycles. The molecular formula is C26H28ClN3O4. The quantitative estimate of drug-likeness (QED) is 0.506. The van der Waals surface area contributed by atoms with E-state index in [4.69, 9.17) is 30.9 Å². The second kappa shape index (κ2) is 8.87. The minimum atomic E-state index is -0.522. The second-order valence-corrected chi connectivity index (χ2v) is 10.0. The number of benzene rings is 2. The topological polar surface area (TPSA) is 65.8 Å². The van der Waals surface area contributed by atoms with Crippen molar-refractivity contribution in [3.63, 3.8) is 0 Å². The zero-order valence-corrected chi connectivity index (χ0v) is 20.4. The monoisotopic (exact) mass is 481 g/mol. The Kier molecular flexibility index (Phi) is 5.90. The van der Waals surface area contributed by atoms with Crippen molar-refractivity contribution in [2.45, 2.75) is 45.8 Å². The lowest BCUT2D eigenvalue weighted by atomic mass is 10.0.